The predicted octanol–water partition coefficient (Wildman–Crippen LogP) is 2.74. The molecule has 0 aromatic carbocycles. The van der Waals surface area contributed by atoms with Crippen LogP contribution in [0.5, 0.6) is 0 Å². The quantitative estimate of drug-likeness (QED) is 0.741. The molecule has 106 valence electrons. The highest BCUT2D eigenvalue weighted by Gasteiger charge is 2.45. The van der Waals surface area contributed by atoms with E-state index >= 15 is 0 Å². The summed E-state index contributed by atoms with van der Waals surface area (Å²) >= 11 is 0. The maximum atomic E-state index is 12.9. The van der Waals surface area contributed by atoms with Gasteiger partial charge in [0.1, 0.15) is 5.69 Å². The zero-order valence-corrected chi connectivity index (χ0v) is 12.4. The first-order valence-corrected chi connectivity index (χ1v) is 7.49. The fourth-order valence-electron chi connectivity index (χ4n) is 3.36. The largest absolute Gasteiger partial charge is 0.337 e. The summed E-state index contributed by atoms with van der Waals surface area (Å²) in [5.41, 5.74) is 0.340. The summed E-state index contributed by atoms with van der Waals surface area (Å²) in [6, 6.07) is 0. The molecule has 0 N–H and O–H groups in total. The topological polar surface area (TPSA) is 38.1 Å². The van der Waals surface area contributed by atoms with Crippen molar-refractivity contribution in [1.29, 1.82) is 0 Å². The van der Waals surface area contributed by atoms with Crippen LogP contribution in [-0.2, 0) is 6.54 Å². The number of aromatic nitrogens is 2. The third-order valence-electron chi connectivity index (χ3n) is 4.45. The van der Waals surface area contributed by atoms with Gasteiger partial charge in [-0.3, -0.25) is 9.69 Å². The van der Waals surface area contributed by atoms with Gasteiger partial charge in [-0.1, -0.05) is 26.7 Å². The first kappa shape index (κ1) is 14.3. The lowest BCUT2D eigenvalue weighted by Crippen LogP contribution is -2.52. The number of ketones is 1. The third kappa shape index (κ3) is 2.46. The summed E-state index contributed by atoms with van der Waals surface area (Å²) in [6.07, 6.45) is 7.91. The second kappa shape index (κ2) is 5.87. The molecule has 0 radical (unpaired) electrons. The molecule has 1 aliphatic carbocycles. The zero-order valence-electron chi connectivity index (χ0n) is 12.4. The van der Waals surface area contributed by atoms with Crippen LogP contribution in [-0.4, -0.2) is 38.9 Å². The highest BCUT2D eigenvalue weighted by molar-refractivity contribution is 6.01. The minimum atomic E-state index is -0.295. The third-order valence-corrected chi connectivity index (χ3v) is 4.45. The van der Waals surface area contributed by atoms with E-state index in [1.54, 1.807) is 6.33 Å². The minimum Gasteiger partial charge on any atom is -0.337 e. The molecule has 0 amide bonds. The van der Waals surface area contributed by atoms with Gasteiger partial charge >= 0.3 is 0 Å². The Bertz CT molecular complexity index is 428. The van der Waals surface area contributed by atoms with E-state index in [1.807, 2.05) is 10.8 Å². The first-order valence-electron chi connectivity index (χ1n) is 7.49. The molecule has 19 heavy (non-hydrogen) atoms. The van der Waals surface area contributed by atoms with E-state index in [0.29, 0.717) is 5.69 Å². The Morgan fingerprint density at radius 3 is 2.42 bits per heavy atom. The summed E-state index contributed by atoms with van der Waals surface area (Å²) < 4.78 is 1.97. The summed E-state index contributed by atoms with van der Waals surface area (Å²) in [4.78, 5) is 19.6. The Labute approximate surface area is 115 Å². The molecule has 1 saturated carbocycles. The molecule has 0 atom stereocenters. The van der Waals surface area contributed by atoms with E-state index in [4.69, 9.17) is 0 Å². The van der Waals surface area contributed by atoms with E-state index < -0.39 is 0 Å². The maximum absolute atomic E-state index is 12.9. The molecule has 2 rings (SSSR count). The fourth-order valence-corrected chi connectivity index (χ4v) is 3.36. The van der Waals surface area contributed by atoms with Crippen LogP contribution in [0.1, 0.15) is 56.9 Å². The van der Waals surface area contributed by atoms with Gasteiger partial charge in [-0.25, -0.2) is 4.98 Å². The van der Waals surface area contributed by atoms with Gasteiger partial charge in [0.2, 0.25) is 5.78 Å². The fraction of sp³-hybridized carbons (Fsp3) is 0.733. The molecule has 1 aliphatic rings. The predicted molar refractivity (Wildman–Crippen MR) is 76.4 cm³/mol. The number of carbonyl (C=O) groups is 1. The Kier molecular flexibility index (Phi) is 4.40. The summed E-state index contributed by atoms with van der Waals surface area (Å²) in [6.45, 7) is 9.06. The van der Waals surface area contributed by atoms with E-state index in [-0.39, 0.29) is 11.3 Å². The number of hydrogen-bond donors (Lipinski definition) is 0. The second-order valence-electron chi connectivity index (χ2n) is 5.33. The lowest BCUT2D eigenvalue weighted by Gasteiger charge is -2.38. The molecule has 1 aromatic heterocycles. The molecule has 4 heteroatoms. The standard InChI is InChI=1S/C15H25N3O/c1-4-17-11-13(16-12-17)14(19)15(9-7-8-10-15)18(5-2)6-3/h11-12H,4-10H2,1-3H3. The van der Waals surface area contributed by atoms with Crippen molar-refractivity contribution in [2.75, 3.05) is 13.1 Å². The van der Waals surface area contributed by atoms with Crippen molar-refractivity contribution in [2.24, 2.45) is 0 Å². The number of hydrogen-bond acceptors (Lipinski definition) is 3. The van der Waals surface area contributed by atoms with Crippen molar-refractivity contribution in [1.82, 2.24) is 14.5 Å². The van der Waals surface area contributed by atoms with Gasteiger partial charge < -0.3 is 4.57 Å². The number of aryl methyl sites for hydroxylation is 1. The van der Waals surface area contributed by atoms with Gasteiger partial charge in [0.15, 0.2) is 0 Å². The summed E-state index contributed by atoms with van der Waals surface area (Å²) in [5, 5.41) is 0. The van der Waals surface area contributed by atoms with Crippen molar-refractivity contribution in [3.8, 4) is 0 Å². The maximum Gasteiger partial charge on any atom is 0.202 e. The molecule has 0 saturated heterocycles. The first-order chi connectivity index (χ1) is 9.17. The van der Waals surface area contributed by atoms with Crippen LogP contribution >= 0.6 is 0 Å². The number of imidazole rings is 1. The molecule has 1 fully saturated rings. The molecule has 0 spiro atoms. The SMILES string of the molecule is CCN(CC)C1(C(=O)c2cn(CC)cn2)CCCC1. The number of nitrogens with zero attached hydrogens (tertiary/aromatic N) is 3. The molecular weight excluding hydrogens is 238 g/mol. The van der Waals surface area contributed by atoms with Crippen molar-refractivity contribution in [3.63, 3.8) is 0 Å². The zero-order chi connectivity index (χ0) is 13.9. The van der Waals surface area contributed by atoms with Crippen LogP contribution in [0.25, 0.3) is 0 Å². The Morgan fingerprint density at radius 1 is 1.32 bits per heavy atom. The van der Waals surface area contributed by atoms with E-state index in [2.05, 4.69) is 30.7 Å². The van der Waals surface area contributed by atoms with Gasteiger partial charge in [-0.15, -0.1) is 0 Å². The van der Waals surface area contributed by atoms with Crippen LogP contribution < -0.4 is 0 Å². The Morgan fingerprint density at radius 2 is 1.95 bits per heavy atom. The van der Waals surface area contributed by atoms with Gasteiger partial charge in [0.25, 0.3) is 0 Å². The summed E-state index contributed by atoms with van der Waals surface area (Å²) in [7, 11) is 0. The molecule has 0 unspecified atom stereocenters. The Hall–Kier alpha value is -1.16. The number of likely N-dealkylation sites (N-methyl/N-ethyl adjacent to an activating group) is 1. The molecule has 0 aliphatic heterocycles. The number of Topliss-reactive ketones (excluding diaryl/α,β-unsaturated/α-hetero) is 1. The average Bonchev–Trinajstić information content (AvgIpc) is 3.09. The highest BCUT2D eigenvalue weighted by atomic mass is 16.1. The van der Waals surface area contributed by atoms with Crippen molar-refractivity contribution in [3.05, 3.63) is 18.2 Å². The van der Waals surface area contributed by atoms with E-state index in [1.165, 1.54) is 0 Å². The minimum absolute atomic E-state index is 0.223. The van der Waals surface area contributed by atoms with Gasteiger partial charge in [0.05, 0.1) is 11.9 Å². The monoisotopic (exact) mass is 263 g/mol. The molecule has 1 aromatic rings. The van der Waals surface area contributed by atoms with E-state index in [9.17, 15) is 4.79 Å². The van der Waals surface area contributed by atoms with Crippen molar-refractivity contribution < 1.29 is 4.79 Å². The highest BCUT2D eigenvalue weighted by Crippen LogP contribution is 2.37. The van der Waals surface area contributed by atoms with Gasteiger partial charge in [0, 0.05) is 12.7 Å². The van der Waals surface area contributed by atoms with Crippen LogP contribution in [0.2, 0.25) is 0 Å². The van der Waals surface area contributed by atoms with Gasteiger partial charge in [-0.05, 0) is 32.9 Å². The average molecular weight is 263 g/mol. The molecule has 4 nitrogen and oxygen atoms in total. The van der Waals surface area contributed by atoms with Crippen LogP contribution in [0.4, 0.5) is 0 Å². The van der Waals surface area contributed by atoms with E-state index in [0.717, 1.165) is 45.3 Å². The van der Waals surface area contributed by atoms with Crippen molar-refractivity contribution in [2.45, 2.75) is 58.5 Å². The van der Waals surface area contributed by atoms with Crippen molar-refractivity contribution >= 4 is 5.78 Å². The number of carbonyl (C=O) groups excluding carboxylic acids is 1. The van der Waals surface area contributed by atoms with Crippen LogP contribution in [0.3, 0.4) is 0 Å². The lowest BCUT2D eigenvalue weighted by molar-refractivity contribution is 0.0579. The molecular formula is C15H25N3O. The molecule has 0 bridgehead atoms. The number of rotatable bonds is 6. The summed E-state index contributed by atoms with van der Waals surface area (Å²) in [5.74, 6) is 0.223. The smallest absolute Gasteiger partial charge is 0.202 e. The van der Waals surface area contributed by atoms with Crippen LogP contribution in [0.15, 0.2) is 12.5 Å². The lowest BCUT2D eigenvalue weighted by atomic mass is 9.88. The Balaban J connectivity index is 2.30. The molecule has 1 heterocycles. The van der Waals surface area contributed by atoms with Crippen LogP contribution in [0, 0.1) is 0 Å². The normalized spacial score (nSPS) is 18.1. The second-order valence-corrected chi connectivity index (χ2v) is 5.33. The van der Waals surface area contributed by atoms with Gasteiger partial charge in [-0.2, -0.15) is 0 Å².